The van der Waals surface area contributed by atoms with Gasteiger partial charge in [-0.05, 0) is 31.4 Å². The number of anilines is 1. The molecular weight excluding hydrogens is 232 g/mol. The summed E-state index contributed by atoms with van der Waals surface area (Å²) in [5.74, 6) is 0. The molecule has 2 rings (SSSR count). The molecule has 15 heavy (non-hydrogen) atoms. The third-order valence-corrected chi connectivity index (χ3v) is 5.10. The minimum absolute atomic E-state index is 0.253. The normalized spacial score (nSPS) is 18.1. The fourth-order valence-corrected chi connectivity index (χ4v) is 3.52. The van der Waals surface area contributed by atoms with E-state index in [1.165, 1.54) is 30.6 Å². The first kappa shape index (κ1) is 10.9. The van der Waals surface area contributed by atoms with Crippen LogP contribution in [0.2, 0.25) is 0 Å². The zero-order valence-corrected chi connectivity index (χ0v) is 9.98. The summed E-state index contributed by atoms with van der Waals surface area (Å²) in [4.78, 5) is 2.23. The molecule has 2 heterocycles. The van der Waals surface area contributed by atoms with E-state index in [9.17, 15) is 8.42 Å². The summed E-state index contributed by atoms with van der Waals surface area (Å²) in [6.45, 7) is 2.04. The van der Waals surface area contributed by atoms with Crippen molar-refractivity contribution in [2.45, 2.75) is 23.5 Å². The van der Waals surface area contributed by atoms with E-state index in [4.69, 9.17) is 5.14 Å². The largest absolute Gasteiger partial charge is 0.363 e. The average molecular weight is 246 g/mol. The fraction of sp³-hybridized carbons (Fsp3) is 0.556. The van der Waals surface area contributed by atoms with E-state index in [0.29, 0.717) is 0 Å². The Hall–Kier alpha value is -0.590. The number of piperidine rings is 1. The van der Waals surface area contributed by atoms with Gasteiger partial charge < -0.3 is 4.90 Å². The smallest absolute Gasteiger partial charge is 0.247 e. The Bertz CT molecular complexity index is 433. The van der Waals surface area contributed by atoms with Crippen molar-refractivity contribution in [3.8, 4) is 0 Å². The summed E-state index contributed by atoms with van der Waals surface area (Å²) in [6.07, 6.45) is 3.63. The zero-order chi connectivity index (χ0) is 10.9. The second-order valence-corrected chi connectivity index (χ2v) is 6.54. The highest BCUT2D eigenvalue weighted by molar-refractivity contribution is 7.91. The summed E-state index contributed by atoms with van der Waals surface area (Å²) in [6, 6.07) is 3.43. The molecule has 0 unspecified atom stereocenters. The van der Waals surface area contributed by atoms with Gasteiger partial charge in [-0.25, -0.2) is 13.6 Å². The molecule has 0 amide bonds. The first-order valence-electron chi connectivity index (χ1n) is 4.95. The van der Waals surface area contributed by atoms with Crippen LogP contribution in [0.25, 0.3) is 0 Å². The molecule has 1 saturated heterocycles. The van der Waals surface area contributed by atoms with E-state index in [1.54, 1.807) is 6.07 Å². The van der Waals surface area contributed by atoms with Gasteiger partial charge in [0.25, 0.3) is 0 Å². The highest BCUT2D eigenvalue weighted by atomic mass is 32.2. The Morgan fingerprint density at radius 2 is 1.87 bits per heavy atom. The lowest BCUT2D eigenvalue weighted by Gasteiger charge is -2.26. The van der Waals surface area contributed by atoms with Crippen LogP contribution < -0.4 is 10.0 Å². The zero-order valence-electron chi connectivity index (χ0n) is 8.35. The van der Waals surface area contributed by atoms with Crippen molar-refractivity contribution >= 4 is 26.4 Å². The summed E-state index contributed by atoms with van der Waals surface area (Å²) in [5, 5.41) is 6.08. The van der Waals surface area contributed by atoms with Crippen LogP contribution in [0.4, 0.5) is 5.00 Å². The maximum absolute atomic E-state index is 11.1. The summed E-state index contributed by atoms with van der Waals surface area (Å²) in [7, 11) is -3.53. The van der Waals surface area contributed by atoms with Crippen molar-refractivity contribution in [2.24, 2.45) is 5.14 Å². The number of rotatable bonds is 2. The Labute approximate surface area is 93.8 Å². The molecule has 1 fully saturated rings. The maximum atomic E-state index is 11.1. The van der Waals surface area contributed by atoms with Crippen molar-refractivity contribution in [1.29, 1.82) is 0 Å². The van der Waals surface area contributed by atoms with Crippen LogP contribution >= 0.6 is 11.3 Å². The molecule has 0 aliphatic carbocycles. The van der Waals surface area contributed by atoms with Gasteiger partial charge in [0.05, 0.1) is 5.00 Å². The molecule has 0 saturated carbocycles. The van der Waals surface area contributed by atoms with Crippen LogP contribution in [-0.2, 0) is 10.0 Å². The predicted molar refractivity (Wildman–Crippen MR) is 61.8 cm³/mol. The van der Waals surface area contributed by atoms with Gasteiger partial charge in [0, 0.05) is 13.1 Å². The molecule has 0 radical (unpaired) electrons. The van der Waals surface area contributed by atoms with Gasteiger partial charge in [-0.15, -0.1) is 11.3 Å². The molecular formula is C9H14N2O2S2. The fourth-order valence-electron chi connectivity index (χ4n) is 1.75. The molecule has 84 valence electrons. The SMILES string of the molecule is NS(=O)(=O)c1ccc(N2CCCCC2)s1. The highest BCUT2D eigenvalue weighted by Crippen LogP contribution is 2.30. The lowest BCUT2D eigenvalue weighted by molar-refractivity contribution is 0.580. The second-order valence-electron chi connectivity index (χ2n) is 3.69. The standard InChI is InChI=1S/C9H14N2O2S2/c10-15(12,13)9-5-4-8(14-9)11-6-2-1-3-7-11/h4-5H,1-3,6-7H2,(H2,10,12,13). The van der Waals surface area contributed by atoms with Gasteiger partial charge in [-0.3, -0.25) is 0 Å². The predicted octanol–water partition coefficient (Wildman–Crippen LogP) is 1.39. The third kappa shape index (κ3) is 2.50. The average Bonchev–Trinajstić information content (AvgIpc) is 2.67. The van der Waals surface area contributed by atoms with Gasteiger partial charge in [-0.1, -0.05) is 0 Å². The maximum Gasteiger partial charge on any atom is 0.247 e. The van der Waals surface area contributed by atoms with E-state index in [1.807, 2.05) is 6.07 Å². The Morgan fingerprint density at radius 1 is 1.20 bits per heavy atom. The van der Waals surface area contributed by atoms with Crippen LogP contribution in [-0.4, -0.2) is 21.5 Å². The van der Waals surface area contributed by atoms with Crippen LogP contribution in [0.3, 0.4) is 0 Å². The molecule has 1 aliphatic heterocycles. The number of hydrogen-bond acceptors (Lipinski definition) is 4. The van der Waals surface area contributed by atoms with Crippen LogP contribution in [0.15, 0.2) is 16.3 Å². The van der Waals surface area contributed by atoms with Crippen molar-refractivity contribution < 1.29 is 8.42 Å². The van der Waals surface area contributed by atoms with E-state index in [0.717, 1.165) is 18.1 Å². The number of sulfonamides is 1. The lowest BCUT2D eigenvalue weighted by Crippen LogP contribution is -2.28. The summed E-state index contributed by atoms with van der Waals surface area (Å²) < 4.78 is 22.5. The van der Waals surface area contributed by atoms with E-state index in [2.05, 4.69) is 4.90 Å². The molecule has 0 aromatic carbocycles. The van der Waals surface area contributed by atoms with Crippen LogP contribution in [0.5, 0.6) is 0 Å². The summed E-state index contributed by atoms with van der Waals surface area (Å²) in [5.41, 5.74) is 0. The van der Waals surface area contributed by atoms with Crippen molar-refractivity contribution in [3.63, 3.8) is 0 Å². The second kappa shape index (κ2) is 4.11. The highest BCUT2D eigenvalue weighted by Gasteiger charge is 2.16. The van der Waals surface area contributed by atoms with Gasteiger partial charge in [0.15, 0.2) is 0 Å². The number of hydrogen-bond donors (Lipinski definition) is 1. The first-order chi connectivity index (χ1) is 7.07. The number of primary sulfonamides is 1. The topological polar surface area (TPSA) is 63.4 Å². The first-order valence-corrected chi connectivity index (χ1v) is 7.31. The molecule has 0 spiro atoms. The van der Waals surface area contributed by atoms with Gasteiger partial charge >= 0.3 is 0 Å². The third-order valence-electron chi connectivity index (χ3n) is 2.52. The molecule has 1 aromatic rings. The lowest BCUT2D eigenvalue weighted by atomic mass is 10.1. The molecule has 0 bridgehead atoms. The monoisotopic (exact) mass is 246 g/mol. The molecule has 6 heteroatoms. The minimum Gasteiger partial charge on any atom is -0.363 e. The molecule has 4 nitrogen and oxygen atoms in total. The van der Waals surface area contributed by atoms with Gasteiger partial charge in [-0.2, -0.15) is 0 Å². The quantitative estimate of drug-likeness (QED) is 0.857. The number of nitrogens with two attached hydrogens (primary N) is 1. The van der Waals surface area contributed by atoms with Crippen molar-refractivity contribution in [2.75, 3.05) is 18.0 Å². The van der Waals surface area contributed by atoms with E-state index >= 15 is 0 Å². The van der Waals surface area contributed by atoms with Gasteiger partial charge in [0.1, 0.15) is 4.21 Å². The Balaban J connectivity index is 2.19. The molecule has 1 aromatic heterocycles. The molecule has 1 aliphatic rings. The molecule has 2 N–H and O–H groups in total. The minimum atomic E-state index is -3.53. The Morgan fingerprint density at radius 3 is 2.40 bits per heavy atom. The van der Waals surface area contributed by atoms with Crippen LogP contribution in [0.1, 0.15) is 19.3 Å². The van der Waals surface area contributed by atoms with Gasteiger partial charge in [0.2, 0.25) is 10.0 Å². The Kier molecular flexibility index (Phi) is 2.99. The number of thiophene rings is 1. The molecule has 0 atom stereocenters. The van der Waals surface area contributed by atoms with Crippen molar-refractivity contribution in [3.05, 3.63) is 12.1 Å². The van der Waals surface area contributed by atoms with E-state index in [-0.39, 0.29) is 4.21 Å². The summed E-state index contributed by atoms with van der Waals surface area (Å²) >= 11 is 1.26. The van der Waals surface area contributed by atoms with E-state index < -0.39 is 10.0 Å². The van der Waals surface area contributed by atoms with Crippen molar-refractivity contribution in [1.82, 2.24) is 0 Å². The number of nitrogens with zero attached hydrogens (tertiary/aromatic N) is 1. The van der Waals surface area contributed by atoms with Crippen LogP contribution in [0, 0.1) is 0 Å².